The van der Waals surface area contributed by atoms with E-state index < -0.39 is 5.41 Å². The van der Waals surface area contributed by atoms with Gasteiger partial charge in [-0.05, 0) is 98.1 Å². The maximum absolute atomic E-state index is 6.24. The highest BCUT2D eigenvalue weighted by Crippen LogP contribution is 2.57. The van der Waals surface area contributed by atoms with Gasteiger partial charge in [-0.15, -0.1) is 0 Å². The first-order chi connectivity index (χ1) is 30.7. The second-order valence-corrected chi connectivity index (χ2v) is 16.1. The van der Waals surface area contributed by atoms with E-state index in [0.29, 0.717) is 5.82 Å². The van der Waals surface area contributed by atoms with Crippen LogP contribution in [0.3, 0.4) is 0 Å². The van der Waals surface area contributed by atoms with Crippen LogP contribution in [0.2, 0.25) is 0 Å². The summed E-state index contributed by atoms with van der Waals surface area (Å²) in [6, 6.07) is 82.3. The average Bonchev–Trinajstić information content (AvgIpc) is 3.88. The standard InChI is InChI=1S/C59H38N2O/c1-4-18-39(19-5-1)42-34-43(41-32-33-57-50(37-41)48-26-13-17-31-56(48)62-57)36-44(35-42)54-38-55(61-58(60-54)40-20-6-2-7-21-40)49-27-12-16-30-53(49)59(45-22-8-3-9-23-45)51-28-14-10-24-46(51)47-25-11-15-29-52(47)59/h1-38H. The number of hydrogen-bond acceptors (Lipinski definition) is 3. The quantitative estimate of drug-likeness (QED) is 0.161. The van der Waals surface area contributed by atoms with Crippen LogP contribution in [0.5, 0.6) is 0 Å². The van der Waals surface area contributed by atoms with Crippen molar-refractivity contribution in [2.45, 2.75) is 5.41 Å². The summed E-state index contributed by atoms with van der Waals surface area (Å²) in [6.45, 7) is 0. The zero-order chi connectivity index (χ0) is 41.0. The molecule has 62 heavy (non-hydrogen) atoms. The number of rotatable bonds is 7. The minimum atomic E-state index is -0.598. The second-order valence-electron chi connectivity index (χ2n) is 16.1. The topological polar surface area (TPSA) is 38.9 Å². The summed E-state index contributed by atoms with van der Waals surface area (Å²) in [5, 5.41) is 2.20. The molecule has 0 unspecified atom stereocenters. The van der Waals surface area contributed by atoms with Crippen molar-refractivity contribution in [1.82, 2.24) is 9.97 Å². The fraction of sp³-hybridized carbons (Fsp3) is 0.0169. The maximum atomic E-state index is 6.24. The van der Waals surface area contributed by atoms with Crippen LogP contribution >= 0.6 is 0 Å². The third kappa shape index (κ3) is 5.74. The minimum Gasteiger partial charge on any atom is -0.456 e. The number of furan rings is 1. The monoisotopic (exact) mass is 790 g/mol. The highest BCUT2D eigenvalue weighted by Gasteiger charge is 2.47. The minimum absolute atomic E-state index is 0.598. The summed E-state index contributed by atoms with van der Waals surface area (Å²) in [5.41, 5.74) is 17.8. The summed E-state index contributed by atoms with van der Waals surface area (Å²) in [4.78, 5) is 10.9. The van der Waals surface area contributed by atoms with E-state index in [1.54, 1.807) is 0 Å². The maximum Gasteiger partial charge on any atom is 0.160 e. The van der Waals surface area contributed by atoms with Crippen LogP contribution in [0, 0.1) is 0 Å². The molecule has 3 nitrogen and oxygen atoms in total. The Hall–Kier alpha value is -8.14. The largest absolute Gasteiger partial charge is 0.456 e. The lowest BCUT2D eigenvalue weighted by atomic mass is 9.66. The molecule has 0 N–H and O–H groups in total. The van der Waals surface area contributed by atoms with Crippen LogP contribution in [-0.4, -0.2) is 9.97 Å². The number of para-hydroxylation sites is 1. The van der Waals surface area contributed by atoms with E-state index in [9.17, 15) is 0 Å². The molecule has 0 aliphatic heterocycles. The van der Waals surface area contributed by atoms with Gasteiger partial charge >= 0.3 is 0 Å². The fourth-order valence-corrected chi connectivity index (χ4v) is 9.81. The Labute approximate surface area is 360 Å². The van der Waals surface area contributed by atoms with Crippen LogP contribution < -0.4 is 0 Å². The van der Waals surface area contributed by atoms with E-state index in [1.807, 2.05) is 18.2 Å². The van der Waals surface area contributed by atoms with Gasteiger partial charge in [0.25, 0.3) is 0 Å². The molecule has 0 atom stereocenters. The molecule has 0 bridgehead atoms. The first kappa shape index (κ1) is 35.8. The van der Waals surface area contributed by atoms with Crippen LogP contribution in [0.25, 0.3) is 89.2 Å². The smallest absolute Gasteiger partial charge is 0.160 e. The van der Waals surface area contributed by atoms with Gasteiger partial charge in [0.05, 0.1) is 16.8 Å². The van der Waals surface area contributed by atoms with E-state index in [2.05, 4.69) is 212 Å². The zero-order valence-corrected chi connectivity index (χ0v) is 33.7. The lowest BCUT2D eigenvalue weighted by Gasteiger charge is -2.35. The molecular formula is C59H38N2O. The number of aromatic nitrogens is 2. The van der Waals surface area contributed by atoms with Gasteiger partial charge in [-0.3, -0.25) is 0 Å². The molecule has 1 aliphatic carbocycles. The van der Waals surface area contributed by atoms with Gasteiger partial charge in [0.2, 0.25) is 0 Å². The Morgan fingerprint density at radius 1 is 0.306 bits per heavy atom. The number of benzene rings is 9. The van der Waals surface area contributed by atoms with E-state index >= 15 is 0 Å². The average molecular weight is 791 g/mol. The Kier molecular flexibility index (Phi) is 8.39. The van der Waals surface area contributed by atoms with Gasteiger partial charge in [-0.2, -0.15) is 0 Å². The Balaban J connectivity index is 1.11. The summed E-state index contributed by atoms with van der Waals surface area (Å²) < 4.78 is 6.24. The SMILES string of the molecule is c1ccc(-c2cc(-c3ccc4oc5ccccc5c4c3)cc(-c3cc(-c4ccccc4C4(c5ccccc5)c5ccccc5-c5ccccc54)nc(-c4ccccc4)n3)c2)cc1. The highest BCUT2D eigenvalue weighted by molar-refractivity contribution is 6.06. The van der Waals surface area contributed by atoms with E-state index in [0.717, 1.165) is 72.3 Å². The van der Waals surface area contributed by atoms with Crippen molar-refractivity contribution in [1.29, 1.82) is 0 Å². The van der Waals surface area contributed by atoms with Crippen LogP contribution in [-0.2, 0) is 5.41 Å². The first-order valence-corrected chi connectivity index (χ1v) is 21.1. The van der Waals surface area contributed by atoms with Crippen LogP contribution in [0.15, 0.2) is 235 Å². The Bertz CT molecular complexity index is 3420. The molecule has 0 spiro atoms. The normalized spacial score (nSPS) is 12.6. The van der Waals surface area contributed by atoms with Crippen LogP contribution in [0.1, 0.15) is 22.3 Å². The van der Waals surface area contributed by atoms with Crippen molar-refractivity contribution in [3.05, 3.63) is 253 Å². The molecule has 2 heterocycles. The summed E-state index contributed by atoms with van der Waals surface area (Å²) in [7, 11) is 0. The van der Waals surface area contributed by atoms with Gasteiger partial charge in [-0.25, -0.2) is 9.97 Å². The van der Waals surface area contributed by atoms with Crippen LogP contribution in [0.4, 0.5) is 0 Å². The third-order valence-electron chi connectivity index (χ3n) is 12.6. The number of hydrogen-bond donors (Lipinski definition) is 0. The van der Waals surface area contributed by atoms with Gasteiger partial charge in [-0.1, -0.05) is 188 Å². The van der Waals surface area contributed by atoms with Gasteiger partial charge < -0.3 is 4.42 Å². The molecule has 0 radical (unpaired) electrons. The molecule has 11 aromatic rings. The van der Waals surface area contributed by atoms with Crippen molar-refractivity contribution in [3.8, 4) is 67.3 Å². The molecule has 0 saturated heterocycles. The summed E-state index contributed by atoms with van der Waals surface area (Å²) in [5.74, 6) is 0.673. The van der Waals surface area contributed by atoms with Crippen molar-refractivity contribution in [2.75, 3.05) is 0 Å². The lowest BCUT2D eigenvalue weighted by Crippen LogP contribution is -2.29. The van der Waals surface area contributed by atoms with Gasteiger partial charge in [0.1, 0.15) is 11.2 Å². The van der Waals surface area contributed by atoms with Crippen molar-refractivity contribution in [2.24, 2.45) is 0 Å². The number of nitrogens with zero attached hydrogens (tertiary/aromatic N) is 2. The molecule has 0 saturated carbocycles. The summed E-state index contributed by atoms with van der Waals surface area (Å²) >= 11 is 0. The molecular weight excluding hydrogens is 753 g/mol. The number of fused-ring (bicyclic) bond motifs is 6. The lowest BCUT2D eigenvalue weighted by molar-refractivity contribution is 0.669. The van der Waals surface area contributed by atoms with E-state index in [-0.39, 0.29) is 0 Å². The molecule has 3 heteroatoms. The van der Waals surface area contributed by atoms with Crippen molar-refractivity contribution in [3.63, 3.8) is 0 Å². The molecule has 9 aromatic carbocycles. The highest BCUT2D eigenvalue weighted by atomic mass is 16.3. The zero-order valence-electron chi connectivity index (χ0n) is 33.7. The predicted molar refractivity (Wildman–Crippen MR) is 254 cm³/mol. The summed E-state index contributed by atoms with van der Waals surface area (Å²) in [6.07, 6.45) is 0. The molecule has 2 aromatic heterocycles. The second kappa shape index (κ2) is 14.5. The molecule has 0 amide bonds. The van der Waals surface area contributed by atoms with Crippen molar-refractivity contribution < 1.29 is 4.42 Å². The predicted octanol–water partition coefficient (Wildman–Crippen LogP) is 15.1. The molecule has 1 aliphatic rings. The van der Waals surface area contributed by atoms with Gasteiger partial charge in [0, 0.05) is 27.5 Å². The van der Waals surface area contributed by atoms with Gasteiger partial charge in [0.15, 0.2) is 5.82 Å². The Morgan fingerprint density at radius 3 is 1.50 bits per heavy atom. The first-order valence-electron chi connectivity index (χ1n) is 21.1. The van der Waals surface area contributed by atoms with Crippen molar-refractivity contribution >= 4 is 21.9 Å². The fourth-order valence-electron chi connectivity index (χ4n) is 9.81. The van der Waals surface area contributed by atoms with E-state index in [4.69, 9.17) is 14.4 Å². The molecule has 0 fully saturated rings. The third-order valence-corrected chi connectivity index (χ3v) is 12.6. The molecule has 290 valence electrons. The Morgan fingerprint density at radius 2 is 0.806 bits per heavy atom. The van der Waals surface area contributed by atoms with E-state index in [1.165, 1.54) is 33.4 Å². The molecule has 12 rings (SSSR count).